The number of hydrogen-bond acceptors (Lipinski definition) is 6. The number of aliphatic carboxylic acids is 1. The Kier molecular flexibility index (Phi) is 5.92. The molecule has 29 heavy (non-hydrogen) atoms. The first-order valence-corrected chi connectivity index (χ1v) is 8.98. The van der Waals surface area contributed by atoms with E-state index in [1.165, 1.54) is 18.2 Å². The van der Waals surface area contributed by atoms with E-state index in [1.54, 1.807) is 42.6 Å². The summed E-state index contributed by atoms with van der Waals surface area (Å²) in [4.78, 5) is 41.6. The molecule has 0 spiro atoms. The van der Waals surface area contributed by atoms with Gasteiger partial charge in [-0.05, 0) is 42.3 Å². The van der Waals surface area contributed by atoms with Gasteiger partial charge in [0.05, 0.1) is 18.7 Å². The van der Waals surface area contributed by atoms with E-state index >= 15 is 0 Å². The number of carbonyl (C=O) groups excluding carboxylic acids is 2. The highest BCUT2D eigenvalue weighted by molar-refractivity contribution is 6.46. The summed E-state index contributed by atoms with van der Waals surface area (Å²) in [5, 5.41) is 19.7. The van der Waals surface area contributed by atoms with Crippen molar-refractivity contribution in [3.8, 4) is 5.75 Å². The zero-order valence-corrected chi connectivity index (χ0v) is 15.7. The Morgan fingerprint density at radius 2 is 1.90 bits per heavy atom. The van der Waals surface area contributed by atoms with Gasteiger partial charge in [0.1, 0.15) is 11.5 Å². The van der Waals surface area contributed by atoms with E-state index in [2.05, 4.69) is 4.98 Å². The van der Waals surface area contributed by atoms with Gasteiger partial charge in [-0.15, -0.1) is 0 Å². The number of aliphatic hydroxyl groups excluding tert-OH is 1. The molecule has 2 N–H and O–H groups in total. The summed E-state index contributed by atoms with van der Waals surface area (Å²) in [6.45, 7) is 0.0653. The minimum atomic E-state index is -0.988. The fourth-order valence-corrected chi connectivity index (χ4v) is 3.30. The van der Waals surface area contributed by atoms with Crippen molar-refractivity contribution >= 4 is 23.4 Å². The molecule has 150 valence electrons. The lowest BCUT2D eigenvalue weighted by molar-refractivity contribution is -0.140. The number of pyridine rings is 1. The number of methoxy groups -OCH3 is 1. The van der Waals surface area contributed by atoms with Gasteiger partial charge in [0, 0.05) is 30.9 Å². The van der Waals surface area contributed by atoms with Crippen LogP contribution in [0.3, 0.4) is 0 Å². The smallest absolute Gasteiger partial charge is 0.303 e. The monoisotopic (exact) mass is 396 g/mol. The van der Waals surface area contributed by atoms with Gasteiger partial charge < -0.3 is 19.8 Å². The number of likely N-dealkylation sites (tertiary alicyclic amines) is 1. The molecule has 1 saturated heterocycles. The number of aromatic nitrogens is 1. The Morgan fingerprint density at radius 3 is 2.48 bits per heavy atom. The average Bonchev–Trinajstić information content (AvgIpc) is 2.98. The van der Waals surface area contributed by atoms with Crippen molar-refractivity contribution in [2.24, 2.45) is 0 Å². The zero-order chi connectivity index (χ0) is 21.0. The van der Waals surface area contributed by atoms with E-state index in [0.29, 0.717) is 16.9 Å². The van der Waals surface area contributed by atoms with Crippen LogP contribution in [0.25, 0.3) is 5.76 Å². The highest BCUT2D eigenvalue weighted by Crippen LogP contribution is 2.39. The molecule has 8 heteroatoms. The third-order valence-corrected chi connectivity index (χ3v) is 4.69. The van der Waals surface area contributed by atoms with Gasteiger partial charge in [0.15, 0.2) is 0 Å². The van der Waals surface area contributed by atoms with Gasteiger partial charge in [-0.2, -0.15) is 0 Å². The minimum absolute atomic E-state index is 0.0523. The number of nitrogens with zero attached hydrogens (tertiary/aromatic N) is 2. The van der Waals surface area contributed by atoms with Gasteiger partial charge in [0.2, 0.25) is 0 Å². The number of carboxylic acids is 1. The van der Waals surface area contributed by atoms with Crippen molar-refractivity contribution in [3.63, 3.8) is 0 Å². The van der Waals surface area contributed by atoms with Gasteiger partial charge in [-0.3, -0.25) is 19.4 Å². The molecule has 1 fully saturated rings. The predicted molar refractivity (Wildman–Crippen MR) is 103 cm³/mol. The summed E-state index contributed by atoms with van der Waals surface area (Å²) in [6.07, 6.45) is 3.12. The molecule has 1 atom stereocenters. The maximum Gasteiger partial charge on any atom is 0.303 e. The van der Waals surface area contributed by atoms with Crippen molar-refractivity contribution in [1.29, 1.82) is 0 Å². The molecule has 1 aromatic heterocycles. The first-order chi connectivity index (χ1) is 13.9. The predicted octanol–water partition coefficient (Wildman–Crippen LogP) is 2.38. The van der Waals surface area contributed by atoms with E-state index in [4.69, 9.17) is 9.84 Å². The first kappa shape index (κ1) is 20.1. The second kappa shape index (κ2) is 8.55. The van der Waals surface area contributed by atoms with Crippen LogP contribution in [0.4, 0.5) is 0 Å². The lowest BCUT2D eigenvalue weighted by Gasteiger charge is -2.24. The highest BCUT2D eigenvalue weighted by Gasteiger charge is 2.45. The van der Waals surface area contributed by atoms with Crippen LogP contribution in [0.5, 0.6) is 5.75 Å². The maximum atomic E-state index is 12.8. The number of rotatable bonds is 7. The Balaban J connectivity index is 2.06. The third-order valence-electron chi connectivity index (χ3n) is 4.69. The van der Waals surface area contributed by atoms with Crippen molar-refractivity contribution in [2.75, 3.05) is 13.7 Å². The van der Waals surface area contributed by atoms with Crippen molar-refractivity contribution in [2.45, 2.75) is 18.9 Å². The van der Waals surface area contributed by atoms with Crippen LogP contribution in [0.15, 0.2) is 54.4 Å². The molecule has 0 radical (unpaired) electrons. The van der Waals surface area contributed by atoms with Gasteiger partial charge in [-0.25, -0.2) is 0 Å². The molecule has 3 rings (SSSR count). The molecule has 1 amide bonds. The van der Waals surface area contributed by atoms with Crippen LogP contribution >= 0.6 is 0 Å². The summed E-state index contributed by atoms with van der Waals surface area (Å²) >= 11 is 0. The summed E-state index contributed by atoms with van der Waals surface area (Å²) < 4.78 is 5.10. The van der Waals surface area contributed by atoms with Gasteiger partial charge in [0.25, 0.3) is 11.7 Å². The van der Waals surface area contributed by atoms with Crippen LogP contribution in [0.2, 0.25) is 0 Å². The van der Waals surface area contributed by atoms with E-state index < -0.39 is 23.7 Å². The van der Waals surface area contributed by atoms with Crippen LogP contribution in [0.1, 0.15) is 30.0 Å². The number of carbonyl (C=O) groups is 3. The third kappa shape index (κ3) is 4.11. The average molecular weight is 396 g/mol. The van der Waals surface area contributed by atoms with Crippen LogP contribution < -0.4 is 4.74 Å². The molecule has 8 nitrogen and oxygen atoms in total. The standard InChI is InChI=1S/C21H20N2O6/c1-29-15-8-6-13(7-9-15)19(26)17-18(14-4-2-10-22-12-14)23(21(28)20(17)27)11-3-5-16(24)25/h2,4,6-10,12,18,26H,3,5,11H2,1H3,(H,24,25). The quantitative estimate of drug-likeness (QED) is 0.419. The summed E-state index contributed by atoms with van der Waals surface area (Å²) in [5.41, 5.74) is 0.865. The number of hydrogen-bond donors (Lipinski definition) is 2. The number of amides is 1. The number of Topliss-reactive ketones (excluding diaryl/α,β-unsaturated/α-hetero) is 1. The Labute approximate surface area is 167 Å². The van der Waals surface area contributed by atoms with E-state index in [-0.39, 0.29) is 30.7 Å². The van der Waals surface area contributed by atoms with Crippen LogP contribution in [-0.4, -0.2) is 51.4 Å². The minimum Gasteiger partial charge on any atom is -0.507 e. The van der Waals surface area contributed by atoms with Gasteiger partial charge >= 0.3 is 5.97 Å². The van der Waals surface area contributed by atoms with Crippen molar-refractivity contribution in [3.05, 3.63) is 65.5 Å². The molecular formula is C21H20N2O6. The fraction of sp³-hybridized carbons (Fsp3) is 0.238. The second-order valence-electron chi connectivity index (χ2n) is 6.50. The molecule has 2 aromatic rings. The SMILES string of the molecule is COc1ccc(C(O)=C2C(=O)C(=O)N(CCCC(=O)O)C2c2cccnc2)cc1. The molecule has 1 aromatic carbocycles. The Bertz CT molecular complexity index is 953. The molecule has 1 unspecified atom stereocenters. The van der Waals surface area contributed by atoms with E-state index in [9.17, 15) is 19.5 Å². The van der Waals surface area contributed by atoms with Gasteiger partial charge in [-0.1, -0.05) is 6.07 Å². The van der Waals surface area contributed by atoms with Crippen molar-refractivity contribution < 1.29 is 29.3 Å². The summed E-state index contributed by atoms with van der Waals surface area (Å²) in [7, 11) is 1.51. The Hall–Kier alpha value is -3.68. The molecule has 0 aliphatic carbocycles. The first-order valence-electron chi connectivity index (χ1n) is 8.98. The fourth-order valence-electron chi connectivity index (χ4n) is 3.30. The Morgan fingerprint density at radius 1 is 1.17 bits per heavy atom. The number of aliphatic hydroxyl groups is 1. The zero-order valence-electron chi connectivity index (χ0n) is 15.7. The summed E-state index contributed by atoms with van der Waals surface area (Å²) in [6, 6.07) is 8.97. The van der Waals surface area contributed by atoms with E-state index in [1.807, 2.05) is 0 Å². The van der Waals surface area contributed by atoms with Crippen LogP contribution in [-0.2, 0) is 14.4 Å². The topological polar surface area (TPSA) is 117 Å². The molecule has 2 heterocycles. The number of ketones is 1. The number of benzene rings is 1. The number of ether oxygens (including phenoxy) is 1. The summed E-state index contributed by atoms with van der Waals surface area (Å²) in [5.74, 6) is -2.31. The maximum absolute atomic E-state index is 12.8. The van der Waals surface area contributed by atoms with E-state index in [0.717, 1.165) is 0 Å². The molecular weight excluding hydrogens is 376 g/mol. The number of carboxylic acid groups (broad SMARTS) is 1. The molecule has 0 bridgehead atoms. The van der Waals surface area contributed by atoms with Crippen molar-refractivity contribution in [1.82, 2.24) is 9.88 Å². The largest absolute Gasteiger partial charge is 0.507 e. The van der Waals surface area contributed by atoms with Crippen LogP contribution in [0, 0.1) is 0 Å². The molecule has 1 aliphatic heterocycles. The second-order valence-corrected chi connectivity index (χ2v) is 6.50. The highest BCUT2D eigenvalue weighted by atomic mass is 16.5. The lowest BCUT2D eigenvalue weighted by Crippen LogP contribution is -2.31. The normalized spacial score (nSPS) is 18.1. The lowest BCUT2D eigenvalue weighted by atomic mass is 9.96. The molecule has 1 aliphatic rings. The molecule has 0 saturated carbocycles.